The average Bonchev–Trinajstić information content (AvgIpc) is 2.88. The Bertz CT molecular complexity index is 1360. The van der Waals surface area contributed by atoms with E-state index < -0.39 is 0 Å². The Morgan fingerprint density at radius 2 is 1.73 bits per heavy atom. The number of piperazine rings is 1. The van der Waals surface area contributed by atoms with E-state index in [1.54, 1.807) is 42.6 Å². The molecule has 1 aliphatic rings. The number of rotatable bonds is 4. The SMILES string of the molecule is COc1ccc(-c2cc(N3CCN(C(=O)c4cc(=O)c5ccccc5o4)CC3)ncn2)cc1. The number of anilines is 1. The minimum atomic E-state index is -0.279. The Balaban J connectivity index is 1.29. The van der Waals surface area contributed by atoms with Crippen LogP contribution >= 0.6 is 0 Å². The molecule has 0 saturated carbocycles. The van der Waals surface area contributed by atoms with Gasteiger partial charge >= 0.3 is 0 Å². The molecule has 0 atom stereocenters. The van der Waals surface area contributed by atoms with Gasteiger partial charge in [0.2, 0.25) is 0 Å². The molecule has 1 aliphatic heterocycles. The zero-order valence-corrected chi connectivity index (χ0v) is 18.1. The molecule has 8 nitrogen and oxygen atoms in total. The summed E-state index contributed by atoms with van der Waals surface area (Å²) in [6.07, 6.45) is 1.55. The van der Waals surface area contributed by atoms with Crippen LogP contribution in [0.4, 0.5) is 5.82 Å². The Morgan fingerprint density at radius 3 is 2.48 bits per heavy atom. The lowest BCUT2D eigenvalue weighted by atomic mass is 10.1. The number of fused-ring (bicyclic) bond motifs is 1. The van der Waals surface area contributed by atoms with Crippen molar-refractivity contribution in [3.63, 3.8) is 0 Å². The summed E-state index contributed by atoms with van der Waals surface area (Å²) >= 11 is 0. The van der Waals surface area contributed by atoms with Gasteiger partial charge in [-0.3, -0.25) is 9.59 Å². The monoisotopic (exact) mass is 442 g/mol. The van der Waals surface area contributed by atoms with Gasteiger partial charge in [-0.2, -0.15) is 0 Å². The first kappa shape index (κ1) is 20.7. The molecule has 0 unspecified atom stereocenters. The van der Waals surface area contributed by atoms with Crippen LogP contribution in [0.3, 0.4) is 0 Å². The molecule has 166 valence electrons. The summed E-state index contributed by atoms with van der Waals surface area (Å²) in [5.74, 6) is 1.38. The second kappa shape index (κ2) is 8.74. The Kier molecular flexibility index (Phi) is 5.48. The first-order valence-corrected chi connectivity index (χ1v) is 10.7. The molecule has 1 fully saturated rings. The number of nitrogens with zero attached hydrogens (tertiary/aromatic N) is 4. The summed E-state index contributed by atoms with van der Waals surface area (Å²) in [6.45, 7) is 2.22. The Morgan fingerprint density at radius 1 is 0.970 bits per heavy atom. The average molecular weight is 442 g/mol. The normalized spacial score (nSPS) is 13.8. The van der Waals surface area contributed by atoms with Crippen molar-refractivity contribution in [2.45, 2.75) is 0 Å². The van der Waals surface area contributed by atoms with Crippen molar-refractivity contribution in [2.24, 2.45) is 0 Å². The second-order valence-electron chi connectivity index (χ2n) is 7.74. The van der Waals surface area contributed by atoms with E-state index in [0.29, 0.717) is 37.1 Å². The van der Waals surface area contributed by atoms with Gasteiger partial charge in [0.25, 0.3) is 5.91 Å². The first-order valence-electron chi connectivity index (χ1n) is 10.7. The molecule has 2 aromatic carbocycles. The molecule has 0 radical (unpaired) electrons. The number of benzene rings is 2. The van der Waals surface area contributed by atoms with Crippen LogP contribution < -0.4 is 15.1 Å². The third kappa shape index (κ3) is 4.15. The van der Waals surface area contributed by atoms with Crippen LogP contribution in [0.2, 0.25) is 0 Å². The maximum Gasteiger partial charge on any atom is 0.289 e. The zero-order valence-electron chi connectivity index (χ0n) is 18.1. The fourth-order valence-corrected chi connectivity index (χ4v) is 3.94. The van der Waals surface area contributed by atoms with Crippen LogP contribution in [0.5, 0.6) is 5.75 Å². The van der Waals surface area contributed by atoms with Crippen molar-refractivity contribution in [1.29, 1.82) is 0 Å². The summed E-state index contributed by atoms with van der Waals surface area (Å²) in [4.78, 5) is 38.0. The van der Waals surface area contributed by atoms with Gasteiger partial charge in [-0.25, -0.2) is 9.97 Å². The van der Waals surface area contributed by atoms with Crippen LogP contribution in [0.15, 0.2) is 76.2 Å². The number of amides is 1. The second-order valence-corrected chi connectivity index (χ2v) is 7.74. The number of hydrogen-bond donors (Lipinski definition) is 0. The minimum Gasteiger partial charge on any atom is -0.497 e. The quantitative estimate of drug-likeness (QED) is 0.479. The maximum atomic E-state index is 13.0. The molecule has 0 aliphatic carbocycles. The number of methoxy groups -OCH3 is 1. The van der Waals surface area contributed by atoms with Crippen molar-refractivity contribution in [3.8, 4) is 17.0 Å². The molecule has 2 aromatic heterocycles. The zero-order chi connectivity index (χ0) is 22.8. The minimum absolute atomic E-state index is 0.0657. The molecular weight excluding hydrogens is 420 g/mol. The number of hydrogen-bond acceptors (Lipinski definition) is 7. The number of carbonyl (C=O) groups excluding carboxylic acids is 1. The van der Waals surface area contributed by atoms with E-state index in [2.05, 4.69) is 14.9 Å². The summed E-state index contributed by atoms with van der Waals surface area (Å²) in [7, 11) is 1.63. The van der Waals surface area contributed by atoms with E-state index in [-0.39, 0.29) is 17.1 Å². The largest absolute Gasteiger partial charge is 0.497 e. The van der Waals surface area contributed by atoms with E-state index in [0.717, 1.165) is 22.8 Å². The third-order valence-corrected chi connectivity index (χ3v) is 5.77. The maximum absolute atomic E-state index is 13.0. The Hall–Kier alpha value is -4.20. The lowest BCUT2D eigenvalue weighted by Gasteiger charge is -2.35. The molecule has 4 aromatic rings. The van der Waals surface area contributed by atoms with E-state index >= 15 is 0 Å². The van der Waals surface area contributed by atoms with E-state index in [4.69, 9.17) is 9.15 Å². The first-order chi connectivity index (χ1) is 16.1. The Labute approximate surface area is 190 Å². The highest BCUT2D eigenvalue weighted by Crippen LogP contribution is 2.24. The van der Waals surface area contributed by atoms with Crippen molar-refractivity contribution in [3.05, 3.63) is 83.0 Å². The summed E-state index contributed by atoms with van der Waals surface area (Å²) in [6, 6.07) is 17.9. The van der Waals surface area contributed by atoms with Gasteiger partial charge in [-0.15, -0.1) is 0 Å². The highest BCUT2D eigenvalue weighted by Gasteiger charge is 2.25. The summed E-state index contributed by atoms with van der Waals surface area (Å²) in [5.41, 5.74) is 1.99. The van der Waals surface area contributed by atoms with Crippen molar-refractivity contribution < 1.29 is 13.9 Å². The fraction of sp³-hybridized carbons (Fsp3) is 0.200. The van der Waals surface area contributed by atoms with Gasteiger partial charge in [0, 0.05) is 43.9 Å². The van der Waals surface area contributed by atoms with Gasteiger partial charge in [0.15, 0.2) is 11.2 Å². The lowest BCUT2D eigenvalue weighted by Crippen LogP contribution is -2.49. The fourth-order valence-electron chi connectivity index (χ4n) is 3.94. The predicted molar refractivity (Wildman–Crippen MR) is 125 cm³/mol. The van der Waals surface area contributed by atoms with Gasteiger partial charge in [-0.05, 0) is 36.4 Å². The summed E-state index contributed by atoms with van der Waals surface area (Å²) in [5, 5.41) is 0.468. The number of ether oxygens (including phenoxy) is 1. The number of aromatic nitrogens is 2. The molecule has 1 saturated heterocycles. The van der Waals surface area contributed by atoms with Crippen LogP contribution in [0.25, 0.3) is 22.2 Å². The number of carbonyl (C=O) groups is 1. The van der Waals surface area contributed by atoms with E-state index in [1.807, 2.05) is 30.3 Å². The molecule has 3 heterocycles. The molecule has 0 spiro atoms. The molecule has 8 heteroatoms. The van der Waals surface area contributed by atoms with E-state index in [9.17, 15) is 9.59 Å². The highest BCUT2D eigenvalue weighted by atomic mass is 16.5. The van der Waals surface area contributed by atoms with Crippen LogP contribution in [0.1, 0.15) is 10.6 Å². The summed E-state index contributed by atoms with van der Waals surface area (Å²) < 4.78 is 10.9. The van der Waals surface area contributed by atoms with Gasteiger partial charge in [0.05, 0.1) is 18.2 Å². The lowest BCUT2D eigenvalue weighted by molar-refractivity contribution is 0.0715. The van der Waals surface area contributed by atoms with Crippen LogP contribution in [-0.2, 0) is 0 Å². The van der Waals surface area contributed by atoms with Gasteiger partial charge < -0.3 is 19.0 Å². The molecule has 5 rings (SSSR count). The standard InChI is InChI=1S/C25H22N4O4/c1-32-18-8-6-17(7-9-18)20-14-24(27-16-26-20)28-10-12-29(13-11-28)25(31)23-15-21(30)19-4-2-3-5-22(19)33-23/h2-9,14-16H,10-13H2,1H3. The molecule has 0 bridgehead atoms. The molecule has 0 N–H and O–H groups in total. The van der Waals surface area contributed by atoms with Crippen LogP contribution in [-0.4, -0.2) is 54.1 Å². The van der Waals surface area contributed by atoms with Crippen molar-refractivity contribution in [1.82, 2.24) is 14.9 Å². The van der Waals surface area contributed by atoms with Gasteiger partial charge in [0.1, 0.15) is 23.5 Å². The molecule has 1 amide bonds. The predicted octanol–water partition coefficient (Wildman–Crippen LogP) is 3.22. The molecule has 33 heavy (non-hydrogen) atoms. The van der Waals surface area contributed by atoms with Crippen LogP contribution in [0, 0.1) is 0 Å². The van der Waals surface area contributed by atoms with Crippen molar-refractivity contribution >= 4 is 22.7 Å². The topological polar surface area (TPSA) is 88.8 Å². The molecular formula is C25H22N4O4. The van der Waals surface area contributed by atoms with E-state index in [1.165, 1.54) is 6.07 Å². The highest BCUT2D eigenvalue weighted by molar-refractivity contribution is 5.93. The van der Waals surface area contributed by atoms with Crippen molar-refractivity contribution in [2.75, 3.05) is 38.2 Å². The smallest absolute Gasteiger partial charge is 0.289 e. The number of para-hydroxylation sites is 1. The third-order valence-electron chi connectivity index (χ3n) is 5.77. The van der Waals surface area contributed by atoms with Gasteiger partial charge in [-0.1, -0.05) is 12.1 Å².